The van der Waals surface area contributed by atoms with Gasteiger partial charge in [-0.1, -0.05) is 12.5 Å². The van der Waals surface area contributed by atoms with Gasteiger partial charge in [0.15, 0.2) is 0 Å². The van der Waals surface area contributed by atoms with Crippen LogP contribution in [0.15, 0.2) is 12.7 Å². The van der Waals surface area contributed by atoms with Gasteiger partial charge in [0.05, 0.1) is 0 Å². The molecule has 0 aromatic heterocycles. The normalized spacial score (nSPS) is 20.8. The Morgan fingerprint density at radius 3 is 2.60 bits per heavy atom. The van der Waals surface area contributed by atoms with Crippen molar-refractivity contribution in [2.45, 2.75) is 19.3 Å². The van der Waals surface area contributed by atoms with E-state index < -0.39 is 0 Å². The van der Waals surface area contributed by atoms with Gasteiger partial charge in [-0.3, -0.25) is 0 Å². The van der Waals surface area contributed by atoms with Crippen LogP contribution in [-0.4, -0.2) is 24.6 Å². The van der Waals surface area contributed by atoms with Crippen LogP contribution in [0, 0.1) is 0 Å². The lowest BCUT2D eigenvalue weighted by Gasteiger charge is -2.24. The van der Waals surface area contributed by atoms with Gasteiger partial charge in [-0.15, -0.1) is 6.58 Å². The van der Waals surface area contributed by atoms with Crippen molar-refractivity contribution in [3.63, 3.8) is 0 Å². The Balaban J connectivity index is 2.07. The van der Waals surface area contributed by atoms with E-state index in [1.165, 1.54) is 19.3 Å². The third-order valence-corrected chi connectivity index (χ3v) is 1.74. The number of piperidine rings is 1. The van der Waals surface area contributed by atoms with Crippen molar-refractivity contribution in [1.29, 1.82) is 0 Å². The monoisotopic (exact) mass is 139 g/mol. The van der Waals surface area contributed by atoms with E-state index in [9.17, 15) is 0 Å². The maximum atomic E-state index is 4.32. The van der Waals surface area contributed by atoms with E-state index in [0.717, 1.165) is 19.6 Å². The first-order valence-electron chi connectivity index (χ1n) is 3.97. The summed E-state index contributed by atoms with van der Waals surface area (Å²) in [5.74, 6) is 0. The highest BCUT2D eigenvalue weighted by Crippen LogP contribution is 2.05. The lowest BCUT2D eigenvalue weighted by molar-refractivity contribution is 0.156. The molecule has 2 heteroatoms. The van der Waals surface area contributed by atoms with Crippen molar-refractivity contribution < 1.29 is 0 Å². The van der Waals surface area contributed by atoms with Gasteiger partial charge < -0.3 is 0 Å². The Morgan fingerprint density at radius 1 is 1.30 bits per heavy atom. The van der Waals surface area contributed by atoms with Gasteiger partial charge in [0.2, 0.25) is 0 Å². The van der Waals surface area contributed by atoms with Crippen LogP contribution >= 0.6 is 0 Å². The molecule has 0 amide bonds. The molecule has 0 N–H and O–H groups in total. The SMILES string of the molecule is C=CC[N]N1CCCCC1. The quantitative estimate of drug-likeness (QED) is 0.537. The molecular formula is C8H15N2. The molecule has 0 aromatic carbocycles. The van der Waals surface area contributed by atoms with E-state index in [1.54, 1.807) is 0 Å². The van der Waals surface area contributed by atoms with E-state index in [0.29, 0.717) is 0 Å². The average molecular weight is 139 g/mol. The Labute approximate surface area is 62.9 Å². The number of nitrogens with zero attached hydrogens (tertiary/aromatic N) is 2. The molecule has 2 nitrogen and oxygen atoms in total. The molecule has 0 aliphatic carbocycles. The molecule has 1 saturated heterocycles. The summed E-state index contributed by atoms with van der Waals surface area (Å²) in [4.78, 5) is 0. The maximum Gasteiger partial charge on any atom is 0.0485 e. The molecular weight excluding hydrogens is 124 g/mol. The van der Waals surface area contributed by atoms with Gasteiger partial charge in [0.1, 0.15) is 0 Å². The summed E-state index contributed by atoms with van der Waals surface area (Å²) >= 11 is 0. The van der Waals surface area contributed by atoms with E-state index >= 15 is 0 Å². The summed E-state index contributed by atoms with van der Waals surface area (Å²) in [6.07, 6.45) is 5.83. The minimum atomic E-state index is 0.778. The van der Waals surface area contributed by atoms with Crippen LogP contribution in [0.3, 0.4) is 0 Å². The third-order valence-electron chi connectivity index (χ3n) is 1.74. The van der Waals surface area contributed by atoms with Crippen LogP contribution in [0.2, 0.25) is 0 Å². The lowest BCUT2D eigenvalue weighted by atomic mass is 10.2. The Kier molecular flexibility index (Phi) is 3.47. The van der Waals surface area contributed by atoms with Crippen molar-refractivity contribution in [3.05, 3.63) is 12.7 Å². The van der Waals surface area contributed by atoms with Crippen LogP contribution in [0.5, 0.6) is 0 Å². The molecule has 0 bridgehead atoms. The fourth-order valence-corrected chi connectivity index (χ4v) is 1.19. The van der Waals surface area contributed by atoms with Crippen LogP contribution in [-0.2, 0) is 0 Å². The first-order chi connectivity index (χ1) is 4.93. The molecule has 1 aliphatic heterocycles. The van der Waals surface area contributed by atoms with Crippen molar-refractivity contribution in [3.8, 4) is 0 Å². The summed E-state index contributed by atoms with van der Waals surface area (Å²) in [6.45, 7) is 6.70. The minimum Gasteiger partial charge on any atom is -0.227 e. The minimum absolute atomic E-state index is 0.778. The van der Waals surface area contributed by atoms with Crippen LogP contribution in [0.25, 0.3) is 0 Å². The molecule has 0 atom stereocenters. The topological polar surface area (TPSA) is 17.3 Å². The summed E-state index contributed by atoms with van der Waals surface area (Å²) in [5.41, 5.74) is 4.32. The zero-order valence-electron chi connectivity index (χ0n) is 6.42. The largest absolute Gasteiger partial charge is 0.227 e. The highest BCUT2D eigenvalue weighted by Gasteiger charge is 2.08. The fraction of sp³-hybridized carbons (Fsp3) is 0.750. The second kappa shape index (κ2) is 4.47. The second-order valence-corrected chi connectivity index (χ2v) is 2.63. The predicted octanol–water partition coefficient (Wildman–Crippen LogP) is 1.18. The highest BCUT2D eigenvalue weighted by molar-refractivity contribution is 4.69. The van der Waals surface area contributed by atoms with Gasteiger partial charge in [-0.2, -0.15) is 5.43 Å². The van der Waals surface area contributed by atoms with Crippen molar-refractivity contribution in [1.82, 2.24) is 10.4 Å². The predicted molar refractivity (Wildman–Crippen MR) is 42.6 cm³/mol. The van der Waals surface area contributed by atoms with Crippen molar-refractivity contribution in [2.24, 2.45) is 0 Å². The van der Waals surface area contributed by atoms with Gasteiger partial charge >= 0.3 is 0 Å². The average Bonchev–Trinajstić information content (AvgIpc) is 2.03. The molecule has 0 aromatic rings. The number of hydrogen-bond acceptors (Lipinski definition) is 1. The Bertz CT molecular complexity index is 95.4. The molecule has 10 heavy (non-hydrogen) atoms. The summed E-state index contributed by atoms with van der Waals surface area (Å²) < 4.78 is 0. The first-order valence-corrected chi connectivity index (χ1v) is 3.97. The van der Waals surface area contributed by atoms with Crippen LogP contribution in [0.4, 0.5) is 0 Å². The van der Waals surface area contributed by atoms with Gasteiger partial charge in [0.25, 0.3) is 0 Å². The molecule has 0 unspecified atom stereocenters. The fourth-order valence-electron chi connectivity index (χ4n) is 1.19. The summed E-state index contributed by atoms with van der Waals surface area (Å²) in [6, 6.07) is 0. The van der Waals surface area contributed by atoms with E-state index in [2.05, 4.69) is 17.0 Å². The molecule has 1 radical (unpaired) electrons. The third kappa shape index (κ3) is 2.50. The van der Waals surface area contributed by atoms with E-state index in [4.69, 9.17) is 0 Å². The Hall–Kier alpha value is -0.340. The summed E-state index contributed by atoms with van der Waals surface area (Å²) in [7, 11) is 0. The zero-order valence-corrected chi connectivity index (χ0v) is 6.42. The first kappa shape index (κ1) is 7.76. The molecule has 0 spiro atoms. The van der Waals surface area contributed by atoms with Crippen molar-refractivity contribution >= 4 is 0 Å². The van der Waals surface area contributed by atoms with Gasteiger partial charge in [-0.25, -0.2) is 5.01 Å². The Morgan fingerprint density at radius 2 is 2.00 bits per heavy atom. The zero-order chi connectivity index (χ0) is 7.23. The smallest absolute Gasteiger partial charge is 0.0485 e. The van der Waals surface area contributed by atoms with Gasteiger partial charge in [0, 0.05) is 19.6 Å². The van der Waals surface area contributed by atoms with Crippen molar-refractivity contribution in [2.75, 3.05) is 19.6 Å². The lowest BCUT2D eigenvalue weighted by Crippen LogP contribution is -2.36. The standard InChI is InChI=1S/C8H15N2/c1-2-6-9-10-7-4-3-5-8-10/h2H,1,3-8H2. The molecule has 57 valence electrons. The summed E-state index contributed by atoms with van der Waals surface area (Å²) in [5, 5.41) is 2.16. The maximum absolute atomic E-state index is 4.32. The molecule has 1 aliphatic rings. The van der Waals surface area contributed by atoms with E-state index in [-0.39, 0.29) is 0 Å². The number of hydrogen-bond donors (Lipinski definition) is 0. The molecule has 0 saturated carbocycles. The molecule has 1 fully saturated rings. The van der Waals surface area contributed by atoms with Gasteiger partial charge in [-0.05, 0) is 12.8 Å². The second-order valence-electron chi connectivity index (χ2n) is 2.63. The molecule has 1 rings (SSSR count). The highest BCUT2D eigenvalue weighted by atomic mass is 15.5. The molecule has 1 heterocycles. The van der Waals surface area contributed by atoms with E-state index in [1.807, 2.05) is 6.08 Å². The number of rotatable bonds is 3. The van der Waals surface area contributed by atoms with Crippen LogP contribution in [0.1, 0.15) is 19.3 Å². The van der Waals surface area contributed by atoms with Crippen LogP contribution < -0.4 is 5.43 Å².